The highest BCUT2D eigenvalue weighted by Gasteiger charge is 2.21. The van der Waals surface area contributed by atoms with Crippen molar-refractivity contribution in [3.8, 4) is 0 Å². The van der Waals surface area contributed by atoms with Crippen LogP contribution in [0.25, 0.3) is 0 Å². The fraction of sp³-hybridized carbons (Fsp3) is 0.400. The van der Waals surface area contributed by atoms with E-state index in [1.807, 2.05) is 31.2 Å². The molecule has 0 aliphatic heterocycles. The zero-order valence-electron chi connectivity index (χ0n) is 15.2. The summed E-state index contributed by atoms with van der Waals surface area (Å²) in [6, 6.07) is 10.4. The standard InChI is InChI=1S/C20H26N4O/c1-4-24(5-2)17-8-9-18(14(3)12-17)23-20(25)19-13-16(10-11-21-19)22-15-6-7-15/h8-13,15H,4-7H2,1-3H3,(H,21,22)(H,23,25). The summed E-state index contributed by atoms with van der Waals surface area (Å²) in [4.78, 5) is 19.0. The van der Waals surface area contributed by atoms with Crippen molar-refractivity contribution in [3.05, 3.63) is 47.8 Å². The Morgan fingerprint density at radius 2 is 1.96 bits per heavy atom. The molecule has 0 atom stereocenters. The molecule has 0 saturated heterocycles. The molecule has 0 spiro atoms. The van der Waals surface area contributed by atoms with E-state index in [9.17, 15) is 4.79 Å². The maximum Gasteiger partial charge on any atom is 0.274 e. The highest BCUT2D eigenvalue weighted by Crippen LogP contribution is 2.25. The average molecular weight is 338 g/mol. The van der Waals surface area contributed by atoms with Crippen LogP contribution in [0.5, 0.6) is 0 Å². The van der Waals surface area contributed by atoms with Crippen LogP contribution in [0.4, 0.5) is 17.1 Å². The van der Waals surface area contributed by atoms with Gasteiger partial charge in [-0.15, -0.1) is 0 Å². The van der Waals surface area contributed by atoms with Gasteiger partial charge in [0.05, 0.1) is 0 Å². The van der Waals surface area contributed by atoms with Crippen molar-refractivity contribution in [2.75, 3.05) is 28.6 Å². The highest BCUT2D eigenvalue weighted by atomic mass is 16.1. The van der Waals surface area contributed by atoms with Crippen molar-refractivity contribution in [2.24, 2.45) is 0 Å². The summed E-state index contributed by atoms with van der Waals surface area (Å²) in [6.45, 7) is 8.23. The summed E-state index contributed by atoms with van der Waals surface area (Å²) in [5, 5.41) is 6.37. The average Bonchev–Trinajstić information content (AvgIpc) is 3.42. The van der Waals surface area contributed by atoms with Gasteiger partial charge in [-0.3, -0.25) is 9.78 Å². The van der Waals surface area contributed by atoms with Crippen LogP contribution in [0.2, 0.25) is 0 Å². The quantitative estimate of drug-likeness (QED) is 0.799. The lowest BCUT2D eigenvalue weighted by atomic mass is 10.1. The van der Waals surface area contributed by atoms with E-state index in [0.717, 1.165) is 30.0 Å². The first-order chi connectivity index (χ1) is 12.1. The third-order valence-electron chi connectivity index (χ3n) is 4.53. The van der Waals surface area contributed by atoms with E-state index in [-0.39, 0.29) is 5.91 Å². The lowest BCUT2D eigenvalue weighted by molar-refractivity contribution is 0.102. The molecule has 1 saturated carbocycles. The number of amides is 1. The summed E-state index contributed by atoms with van der Waals surface area (Å²) in [7, 11) is 0. The first-order valence-electron chi connectivity index (χ1n) is 9.00. The van der Waals surface area contributed by atoms with E-state index in [4.69, 9.17) is 0 Å². The lowest BCUT2D eigenvalue weighted by Gasteiger charge is -2.22. The number of nitrogens with one attached hydrogen (secondary N) is 2. The van der Waals surface area contributed by atoms with Gasteiger partial charge in [-0.2, -0.15) is 0 Å². The van der Waals surface area contributed by atoms with Crippen molar-refractivity contribution in [1.82, 2.24) is 4.98 Å². The summed E-state index contributed by atoms with van der Waals surface area (Å²) in [5.41, 5.74) is 4.43. The van der Waals surface area contributed by atoms with Crippen molar-refractivity contribution in [2.45, 2.75) is 39.7 Å². The molecule has 1 aliphatic rings. The van der Waals surface area contributed by atoms with E-state index in [2.05, 4.69) is 40.4 Å². The SMILES string of the molecule is CCN(CC)c1ccc(NC(=O)c2cc(NC3CC3)ccn2)c(C)c1. The first-order valence-corrected chi connectivity index (χ1v) is 9.00. The van der Waals surface area contributed by atoms with Gasteiger partial charge in [-0.25, -0.2) is 0 Å². The second-order valence-electron chi connectivity index (χ2n) is 6.47. The Kier molecular flexibility index (Phi) is 5.22. The predicted molar refractivity (Wildman–Crippen MR) is 104 cm³/mol. The van der Waals surface area contributed by atoms with E-state index in [1.54, 1.807) is 6.20 Å². The summed E-state index contributed by atoms with van der Waals surface area (Å²) < 4.78 is 0. The molecule has 132 valence electrons. The molecule has 1 aromatic carbocycles. The molecular weight excluding hydrogens is 312 g/mol. The zero-order valence-corrected chi connectivity index (χ0v) is 15.2. The van der Waals surface area contributed by atoms with Crippen LogP contribution in [-0.4, -0.2) is 30.0 Å². The van der Waals surface area contributed by atoms with Gasteiger partial charge < -0.3 is 15.5 Å². The Morgan fingerprint density at radius 3 is 2.60 bits per heavy atom. The number of hydrogen-bond acceptors (Lipinski definition) is 4. The minimum absolute atomic E-state index is 0.182. The molecule has 1 amide bonds. The van der Waals surface area contributed by atoms with Crippen LogP contribution >= 0.6 is 0 Å². The number of hydrogen-bond donors (Lipinski definition) is 2. The number of rotatable bonds is 7. The van der Waals surface area contributed by atoms with Gasteiger partial charge in [0, 0.05) is 42.4 Å². The van der Waals surface area contributed by atoms with Gasteiger partial charge in [-0.05, 0) is 69.5 Å². The summed E-state index contributed by atoms with van der Waals surface area (Å²) >= 11 is 0. The maximum atomic E-state index is 12.5. The molecule has 5 nitrogen and oxygen atoms in total. The molecule has 2 aromatic rings. The monoisotopic (exact) mass is 338 g/mol. The van der Waals surface area contributed by atoms with Crippen molar-refractivity contribution in [1.29, 1.82) is 0 Å². The van der Waals surface area contributed by atoms with Crippen LogP contribution in [0, 0.1) is 6.92 Å². The van der Waals surface area contributed by atoms with Crippen molar-refractivity contribution < 1.29 is 4.79 Å². The number of aromatic nitrogens is 1. The van der Waals surface area contributed by atoms with E-state index in [1.165, 1.54) is 18.5 Å². The molecule has 0 radical (unpaired) electrons. The van der Waals surface area contributed by atoms with Crippen LogP contribution < -0.4 is 15.5 Å². The number of carbonyl (C=O) groups excluding carboxylic acids is 1. The number of carbonyl (C=O) groups is 1. The van der Waals surface area contributed by atoms with Crippen LogP contribution in [0.3, 0.4) is 0 Å². The normalized spacial score (nSPS) is 13.4. The van der Waals surface area contributed by atoms with E-state index in [0.29, 0.717) is 11.7 Å². The lowest BCUT2D eigenvalue weighted by Crippen LogP contribution is -2.22. The van der Waals surface area contributed by atoms with Gasteiger partial charge in [0.25, 0.3) is 5.91 Å². The van der Waals surface area contributed by atoms with E-state index >= 15 is 0 Å². The second-order valence-corrected chi connectivity index (χ2v) is 6.47. The number of anilines is 3. The number of aryl methyl sites for hydroxylation is 1. The largest absolute Gasteiger partial charge is 0.382 e. The first kappa shape index (κ1) is 17.3. The molecule has 1 fully saturated rings. The molecule has 0 unspecified atom stereocenters. The van der Waals surface area contributed by atoms with Crippen LogP contribution in [0.15, 0.2) is 36.5 Å². The minimum Gasteiger partial charge on any atom is -0.382 e. The molecule has 1 heterocycles. The highest BCUT2D eigenvalue weighted by molar-refractivity contribution is 6.03. The fourth-order valence-electron chi connectivity index (χ4n) is 2.87. The van der Waals surface area contributed by atoms with E-state index < -0.39 is 0 Å². The molecule has 25 heavy (non-hydrogen) atoms. The smallest absolute Gasteiger partial charge is 0.274 e. The molecule has 1 aliphatic carbocycles. The predicted octanol–water partition coefficient (Wildman–Crippen LogP) is 4.06. The summed E-state index contributed by atoms with van der Waals surface area (Å²) in [5.74, 6) is -0.182. The van der Waals surface area contributed by atoms with Crippen molar-refractivity contribution in [3.63, 3.8) is 0 Å². The zero-order chi connectivity index (χ0) is 17.8. The molecule has 5 heteroatoms. The summed E-state index contributed by atoms with van der Waals surface area (Å²) in [6.07, 6.45) is 4.07. The van der Waals surface area contributed by atoms with Gasteiger partial charge in [-0.1, -0.05) is 0 Å². The van der Waals surface area contributed by atoms with Crippen LogP contribution in [0.1, 0.15) is 42.7 Å². The number of pyridine rings is 1. The molecule has 1 aromatic heterocycles. The molecule has 2 N–H and O–H groups in total. The minimum atomic E-state index is -0.182. The van der Waals surface area contributed by atoms with Gasteiger partial charge in [0.2, 0.25) is 0 Å². The number of benzene rings is 1. The number of nitrogens with zero attached hydrogens (tertiary/aromatic N) is 2. The third kappa shape index (κ3) is 4.29. The topological polar surface area (TPSA) is 57.3 Å². The van der Waals surface area contributed by atoms with Gasteiger partial charge >= 0.3 is 0 Å². The second kappa shape index (κ2) is 7.55. The third-order valence-corrected chi connectivity index (χ3v) is 4.53. The Balaban J connectivity index is 1.72. The van der Waals surface area contributed by atoms with Gasteiger partial charge in [0.15, 0.2) is 0 Å². The Labute approximate surface area is 149 Å². The van der Waals surface area contributed by atoms with Crippen molar-refractivity contribution >= 4 is 23.0 Å². The maximum absolute atomic E-state index is 12.5. The van der Waals surface area contributed by atoms with Crippen LogP contribution in [-0.2, 0) is 0 Å². The Hall–Kier alpha value is -2.56. The Bertz CT molecular complexity index is 751. The molecule has 3 rings (SSSR count). The molecule has 0 bridgehead atoms. The van der Waals surface area contributed by atoms with Gasteiger partial charge in [0.1, 0.15) is 5.69 Å². The molecular formula is C20H26N4O. The Morgan fingerprint density at radius 1 is 1.20 bits per heavy atom. The fourth-order valence-corrected chi connectivity index (χ4v) is 2.87.